The van der Waals surface area contributed by atoms with Gasteiger partial charge in [-0.05, 0) is 12.5 Å². The van der Waals surface area contributed by atoms with Crippen LogP contribution in [-0.2, 0) is 11.3 Å². The summed E-state index contributed by atoms with van der Waals surface area (Å²) in [7, 11) is 2.87. The summed E-state index contributed by atoms with van der Waals surface area (Å²) in [5.74, 6) is 0.381. The van der Waals surface area contributed by atoms with Gasteiger partial charge in [-0.15, -0.1) is 0 Å². The maximum absolute atomic E-state index is 12.4. The SMILES string of the molecule is CCNC(=NCC(=O)N(C)CC(F)(F)F)N(C)Cc1ncc(-c2ccccc2)[nH]1. The van der Waals surface area contributed by atoms with Gasteiger partial charge < -0.3 is 20.1 Å². The van der Waals surface area contributed by atoms with Gasteiger partial charge in [-0.25, -0.2) is 9.98 Å². The molecule has 1 aromatic carbocycles. The normalized spacial score (nSPS) is 12.0. The molecule has 0 unspecified atom stereocenters. The Balaban J connectivity index is 2.01. The number of benzene rings is 1. The summed E-state index contributed by atoms with van der Waals surface area (Å²) in [6, 6.07) is 9.74. The molecule has 0 radical (unpaired) electrons. The number of amides is 1. The summed E-state index contributed by atoms with van der Waals surface area (Å²) >= 11 is 0. The molecule has 1 amide bonds. The number of halogens is 3. The summed E-state index contributed by atoms with van der Waals surface area (Å²) in [6.45, 7) is 1.10. The van der Waals surface area contributed by atoms with Crippen LogP contribution in [0.4, 0.5) is 13.2 Å². The van der Waals surface area contributed by atoms with Gasteiger partial charge in [0.15, 0.2) is 5.96 Å². The lowest BCUT2D eigenvalue weighted by Crippen LogP contribution is -2.41. The lowest BCUT2D eigenvalue weighted by Gasteiger charge is -2.22. The molecule has 29 heavy (non-hydrogen) atoms. The Hall–Kier alpha value is -3.04. The van der Waals surface area contributed by atoms with Crippen LogP contribution >= 0.6 is 0 Å². The Labute approximate surface area is 167 Å². The molecule has 0 aliphatic heterocycles. The van der Waals surface area contributed by atoms with E-state index in [1.807, 2.05) is 37.3 Å². The minimum Gasteiger partial charge on any atom is -0.357 e. The molecule has 0 fully saturated rings. The van der Waals surface area contributed by atoms with Gasteiger partial charge in [0.2, 0.25) is 5.91 Å². The van der Waals surface area contributed by atoms with Crippen LogP contribution in [0.15, 0.2) is 41.5 Å². The molecule has 0 aliphatic carbocycles. The number of nitrogens with zero attached hydrogens (tertiary/aromatic N) is 4. The van der Waals surface area contributed by atoms with Gasteiger partial charge in [-0.1, -0.05) is 30.3 Å². The third kappa shape index (κ3) is 7.13. The molecule has 1 heterocycles. The first-order valence-corrected chi connectivity index (χ1v) is 9.09. The third-order valence-electron chi connectivity index (χ3n) is 4.00. The van der Waals surface area contributed by atoms with Crippen LogP contribution in [0.25, 0.3) is 11.3 Å². The van der Waals surface area contributed by atoms with Crippen LogP contribution in [0, 0.1) is 0 Å². The van der Waals surface area contributed by atoms with E-state index in [9.17, 15) is 18.0 Å². The first-order valence-electron chi connectivity index (χ1n) is 9.09. The molecule has 0 saturated heterocycles. The number of guanidine groups is 1. The third-order valence-corrected chi connectivity index (χ3v) is 4.00. The highest BCUT2D eigenvalue weighted by Gasteiger charge is 2.31. The standard InChI is InChI=1S/C19H25F3N6O/c1-4-23-18(25-11-17(29)28(3)13-19(20,21)22)27(2)12-16-24-10-15(26-16)14-8-6-5-7-9-14/h5-10H,4,11-13H2,1-3H3,(H,23,25)(H,24,26). The summed E-state index contributed by atoms with van der Waals surface area (Å²) in [5, 5.41) is 3.02. The second-order valence-electron chi connectivity index (χ2n) is 6.50. The van der Waals surface area contributed by atoms with Gasteiger partial charge in [-0.3, -0.25) is 4.79 Å². The van der Waals surface area contributed by atoms with E-state index >= 15 is 0 Å². The quantitative estimate of drug-likeness (QED) is 0.543. The van der Waals surface area contributed by atoms with Crippen molar-refractivity contribution in [1.82, 2.24) is 25.1 Å². The molecule has 2 aromatic rings. The fourth-order valence-electron chi connectivity index (χ4n) is 2.60. The molecule has 0 spiro atoms. The smallest absolute Gasteiger partial charge is 0.357 e. The lowest BCUT2D eigenvalue weighted by atomic mass is 10.2. The van der Waals surface area contributed by atoms with Gasteiger partial charge in [0.05, 0.1) is 18.4 Å². The van der Waals surface area contributed by atoms with E-state index in [0.717, 1.165) is 18.3 Å². The van der Waals surface area contributed by atoms with Crippen molar-refractivity contribution in [3.8, 4) is 11.3 Å². The van der Waals surface area contributed by atoms with E-state index in [1.54, 1.807) is 18.1 Å². The average molecular weight is 410 g/mol. The largest absolute Gasteiger partial charge is 0.406 e. The summed E-state index contributed by atoms with van der Waals surface area (Å²) < 4.78 is 37.3. The number of likely N-dealkylation sites (N-methyl/N-ethyl adjacent to an activating group) is 1. The molecule has 2 rings (SSSR count). The van der Waals surface area contributed by atoms with Gasteiger partial charge >= 0.3 is 6.18 Å². The van der Waals surface area contributed by atoms with Crippen molar-refractivity contribution in [2.75, 3.05) is 33.7 Å². The number of imidazole rings is 1. The highest BCUT2D eigenvalue weighted by molar-refractivity contribution is 5.84. The van der Waals surface area contributed by atoms with E-state index in [2.05, 4.69) is 20.3 Å². The number of hydrogen-bond acceptors (Lipinski definition) is 3. The van der Waals surface area contributed by atoms with Crippen molar-refractivity contribution in [2.24, 2.45) is 4.99 Å². The molecule has 2 N–H and O–H groups in total. The van der Waals surface area contributed by atoms with Gasteiger partial charge in [0, 0.05) is 20.6 Å². The molecular formula is C19H25F3N6O. The number of aromatic nitrogens is 2. The van der Waals surface area contributed by atoms with Crippen molar-refractivity contribution in [1.29, 1.82) is 0 Å². The van der Waals surface area contributed by atoms with Crippen LogP contribution in [0.1, 0.15) is 12.7 Å². The highest BCUT2D eigenvalue weighted by Crippen LogP contribution is 2.17. The number of hydrogen-bond donors (Lipinski definition) is 2. The topological polar surface area (TPSA) is 76.6 Å². The van der Waals surface area contributed by atoms with Crippen LogP contribution in [0.5, 0.6) is 0 Å². The van der Waals surface area contributed by atoms with Crippen molar-refractivity contribution in [3.05, 3.63) is 42.4 Å². The monoisotopic (exact) mass is 410 g/mol. The zero-order valence-corrected chi connectivity index (χ0v) is 16.6. The van der Waals surface area contributed by atoms with E-state index in [1.165, 1.54) is 0 Å². The number of carbonyl (C=O) groups is 1. The number of aromatic amines is 1. The minimum absolute atomic E-state index is 0.380. The molecule has 0 atom stereocenters. The highest BCUT2D eigenvalue weighted by atomic mass is 19.4. The first kappa shape index (κ1) is 22.3. The number of H-pyrrole nitrogens is 1. The number of rotatable bonds is 7. The zero-order valence-electron chi connectivity index (χ0n) is 16.6. The Morgan fingerprint density at radius 1 is 1.21 bits per heavy atom. The summed E-state index contributed by atoms with van der Waals surface area (Å²) in [6.07, 6.45) is -2.71. The zero-order chi connectivity index (χ0) is 21.4. The molecule has 7 nitrogen and oxygen atoms in total. The van der Waals surface area contributed by atoms with E-state index in [-0.39, 0.29) is 6.54 Å². The van der Waals surface area contributed by atoms with Gasteiger partial charge in [0.1, 0.15) is 18.9 Å². The molecule has 1 aromatic heterocycles. The second kappa shape index (κ2) is 9.94. The fraction of sp³-hybridized carbons (Fsp3) is 0.421. The van der Waals surface area contributed by atoms with Crippen molar-refractivity contribution < 1.29 is 18.0 Å². The molecule has 0 saturated carbocycles. The predicted molar refractivity (Wildman–Crippen MR) is 105 cm³/mol. The van der Waals surface area contributed by atoms with Crippen LogP contribution in [0.3, 0.4) is 0 Å². The lowest BCUT2D eigenvalue weighted by molar-refractivity contribution is -0.157. The summed E-state index contributed by atoms with van der Waals surface area (Å²) in [5.41, 5.74) is 1.88. The molecule has 0 aliphatic rings. The Morgan fingerprint density at radius 3 is 2.52 bits per heavy atom. The van der Waals surface area contributed by atoms with Crippen LogP contribution in [0.2, 0.25) is 0 Å². The van der Waals surface area contributed by atoms with Gasteiger partial charge in [0.25, 0.3) is 0 Å². The predicted octanol–water partition coefficient (Wildman–Crippen LogP) is 2.49. The van der Waals surface area contributed by atoms with Crippen LogP contribution in [-0.4, -0.2) is 71.5 Å². The van der Waals surface area contributed by atoms with Crippen molar-refractivity contribution in [3.63, 3.8) is 0 Å². The number of nitrogens with one attached hydrogen (secondary N) is 2. The molecule has 0 bridgehead atoms. The minimum atomic E-state index is -4.44. The Morgan fingerprint density at radius 2 is 1.90 bits per heavy atom. The van der Waals surface area contributed by atoms with E-state index < -0.39 is 18.6 Å². The van der Waals surface area contributed by atoms with Crippen molar-refractivity contribution in [2.45, 2.75) is 19.6 Å². The maximum Gasteiger partial charge on any atom is 0.406 e. The summed E-state index contributed by atoms with van der Waals surface area (Å²) in [4.78, 5) is 26.0. The number of alkyl halides is 3. The van der Waals surface area contributed by atoms with E-state index in [4.69, 9.17) is 0 Å². The first-order chi connectivity index (χ1) is 13.7. The molecule has 10 heteroatoms. The Bertz CT molecular complexity index is 819. The fourth-order valence-corrected chi connectivity index (χ4v) is 2.60. The number of carbonyl (C=O) groups excluding carboxylic acids is 1. The molecular weight excluding hydrogens is 385 g/mol. The van der Waals surface area contributed by atoms with E-state index in [0.29, 0.717) is 29.8 Å². The number of aliphatic imine (C=N–C) groups is 1. The molecule has 158 valence electrons. The maximum atomic E-state index is 12.4. The Kier molecular flexibility index (Phi) is 7.63. The van der Waals surface area contributed by atoms with Crippen LogP contribution < -0.4 is 5.32 Å². The van der Waals surface area contributed by atoms with Gasteiger partial charge in [-0.2, -0.15) is 13.2 Å². The second-order valence-corrected chi connectivity index (χ2v) is 6.50. The average Bonchev–Trinajstić information content (AvgIpc) is 3.12. The van der Waals surface area contributed by atoms with Crippen molar-refractivity contribution >= 4 is 11.9 Å².